The Bertz CT molecular complexity index is 2870. The molecule has 0 aliphatic rings. The molecule has 0 atom stereocenters. The van der Waals surface area contributed by atoms with Gasteiger partial charge in [-0.25, -0.2) is 0 Å². The van der Waals surface area contributed by atoms with Crippen LogP contribution in [-0.4, -0.2) is 0 Å². The van der Waals surface area contributed by atoms with Gasteiger partial charge < -0.3 is 9.32 Å². The van der Waals surface area contributed by atoms with Crippen molar-refractivity contribution in [3.8, 4) is 22.3 Å². The molecule has 2 heteroatoms. The van der Waals surface area contributed by atoms with Crippen LogP contribution in [0.2, 0.25) is 0 Å². The molecule has 0 spiro atoms. The molecule has 0 N–H and O–H groups in total. The molecule has 0 aliphatic carbocycles. The summed E-state index contributed by atoms with van der Waals surface area (Å²) in [6.07, 6.45) is 0. The van der Waals surface area contributed by atoms with Crippen molar-refractivity contribution in [3.63, 3.8) is 0 Å². The Hall–Kier alpha value is -6.64. The molecule has 50 heavy (non-hydrogen) atoms. The Labute approximate surface area is 290 Å². The zero-order chi connectivity index (χ0) is 33.0. The van der Waals surface area contributed by atoms with E-state index in [1.54, 1.807) is 0 Å². The van der Waals surface area contributed by atoms with Gasteiger partial charge in [-0.3, -0.25) is 0 Å². The van der Waals surface area contributed by atoms with E-state index in [2.05, 4.69) is 193 Å². The van der Waals surface area contributed by atoms with Crippen LogP contribution in [0.1, 0.15) is 0 Å². The normalized spacial score (nSPS) is 11.6. The second-order valence-electron chi connectivity index (χ2n) is 12.9. The van der Waals surface area contributed by atoms with Crippen LogP contribution in [0.3, 0.4) is 0 Å². The van der Waals surface area contributed by atoms with Gasteiger partial charge in [0.1, 0.15) is 11.2 Å². The van der Waals surface area contributed by atoms with Crippen molar-refractivity contribution < 1.29 is 4.42 Å². The summed E-state index contributed by atoms with van der Waals surface area (Å²) in [5.41, 5.74) is 9.85. The van der Waals surface area contributed by atoms with Crippen LogP contribution in [0.4, 0.5) is 17.1 Å². The minimum atomic E-state index is 0.889. The lowest BCUT2D eigenvalue weighted by Gasteiger charge is -2.29. The molecule has 1 aromatic heterocycles. The highest BCUT2D eigenvalue weighted by atomic mass is 16.3. The molecule has 0 bridgehead atoms. The maximum Gasteiger partial charge on any atom is 0.143 e. The van der Waals surface area contributed by atoms with Crippen molar-refractivity contribution in [3.05, 3.63) is 188 Å². The molecule has 0 amide bonds. The zero-order valence-electron chi connectivity index (χ0n) is 27.3. The highest BCUT2D eigenvalue weighted by Gasteiger charge is 2.22. The average molecular weight is 638 g/mol. The van der Waals surface area contributed by atoms with E-state index in [1.165, 1.54) is 38.1 Å². The van der Waals surface area contributed by atoms with E-state index < -0.39 is 0 Å². The van der Waals surface area contributed by atoms with E-state index in [1.807, 2.05) is 0 Å². The van der Waals surface area contributed by atoms with Crippen LogP contribution < -0.4 is 4.90 Å². The highest BCUT2D eigenvalue weighted by Crippen LogP contribution is 2.47. The predicted octanol–water partition coefficient (Wildman–Crippen LogP) is 13.8. The topological polar surface area (TPSA) is 16.4 Å². The Morgan fingerprint density at radius 2 is 0.900 bits per heavy atom. The zero-order valence-corrected chi connectivity index (χ0v) is 27.3. The smallest absolute Gasteiger partial charge is 0.143 e. The number of furan rings is 1. The molecule has 1 heterocycles. The Balaban J connectivity index is 1.21. The number of para-hydroxylation sites is 1. The number of anilines is 3. The van der Waals surface area contributed by atoms with Crippen LogP contribution in [0, 0.1) is 0 Å². The monoisotopic (exact) mass is 637 g/mol. The van der Waals surface area contributed by atoms with Crippen molar-refractivity contribution in [2.75, 3.05) is 4.90 Å². The molecular weight excluding hydrogens is 607 g/mol. The average Bonchev–Trinajstić information content (AvgIpc) is 3.58. The summed E-state index contributed by atoms with van der Waals surface area (Å²) in [5.74, 6) is 0. The molecule has 0 radical (unpaired) electrons. The highest BCUT2D eigenvalue weighted by molar-refractivity contribution is 6.20. The van der Waals surface area contributed by atoms with Crippen molar-refractivity contribution in [1.82, 2.24) is 0 Å². The van der Waals surface area contributed by atoms with Crippen molar-refractivity contribution in [2.24, 2.45) is 0 Å². The summed E-state index contributed by atoms with van der Waals surface area (Å²) in [6.45, 7) is 0. The number of hydrogen-bond donors (Lipinski definition) is 0. The van der Waals surface area contributed by atoms with E-state index in [9.17, 15) is 0 Å². The van der Waals surface area contributed by atoms with Gasteiger partial charge in [-0.2, -0.15) is 0 Å². The largest absolute Gasteiger partial charge is 0.455 e. The van der Waals surface area contributed by atoms with Gasteiger partial charge in [-0.05, 0) is 74.6 Å². The Morgan fingerprint density at radius 3 is 1.72 bits per heavy atom. The van der Waals surface area contributed by atoms with Gasteiger partial charge in [0.05, 0.1) is 11.4 Å². The minimum Gasteiger partial charge on any atom is -0.455 e. The molecule has 0 fully saturated rings. The third-order valence-electron chi connectivity index (χ3n) is 10.1. The number of benzene rings is 9. The van der Waals surface area contributed by atoms with Gasteiger partial charge in [0.25, 0.3) is 0 Å². The van der Waals surface area contributed by atoms with Gasteiger partial charge >= 0.3 is 0 Å². The molecule has 2 nitrogen and oxygen atoms in total. The lowest BCUT2D eigenvalue weighted by atomic mass is 9.95. The summed E-state index contributed by atoms with van der Waals surface area (Å²) >= 11 is 0. The van der Waals surface area contributed by atoms with Crippen molar-refractivity contribution in [2.45, 2.75) is 0 Å². The molecular formula is C48H31NO. The fraction of sp³-hybridized carbons (Fsp3) is 0. The van der Waals surface area contributed by atoms with Gasteiger partial charge in [-0.15, -0.1) is 0 Å². The molecule has 10 aromatic rings. The molecule has 0 unspecified atom stereocenters. The summed E-state index contributed by atoms with van der Waals surface area (Å²) in [7, 11) is 0. The van der Waals surface area contributed by atoms with Crippen LogP contribution in [0.25, 0.3) is 76.5 Å². The summed E-state index contributed by atoms with van der Waals surface area (Å²) in [4.78, 5) is 2.42. The second kappa shape index (κ2) is 11.5. The van der Waals surface area contributed by atoms with Gasteiger partial charge in [0, 0.05) is 32.8 Å². The number of hydrogen-bond acceptors (Lipinski definition) is 2. The van der Waals surface area contributed by atoms with Crippen LogP contribution in [0.15, 0.2) is 192 Å². The predicted molar refractivity (Wildman–Crippen MR) is 212 cm³/mol. The molecule has 234 valence electrons. The van der Waals surface area contributed by atoms with E-state index >= 15 is 0 Å². The standard InChI is InChI=1S/C48H31NO/c1-4-17-37-32(12-1)15-9-21-38(37)35-26-29-36(30-27-35)49(44-24-10-16-33-13-2-5-18-39(33)44)45-23-8-7-20-41(45)42-22-11-25-46-47(42)43-31-28-34-14-3-6-19-40(34)48(43)50-46/h1-31H. The first-order valence-corrected chi connectivity index (χ1v) is 17.1. The third-order valence-corrected chi connectivity index (χ3v) is 10.1. The summed E-state index contributed by atoms with van der Waals surface area (Å²) in [5, 5.41) is 9.46. The quantitative estimate of drug-likeness (QED) is 0.187. The molecule has 0 saturated carbocycles. The molecule has 0 saturated heterocycles. The summed E-state index contributed by atoms with van der Waals surface area (Å²) in [6, 6.07) is 67.5. The molecule has 9 aromatic carbocycles. The lowest BCUT2D eigenvalue weighted by molar-refractivity contribution is 0.673. The first kappa shape index (κ1) is 28.4. The van der Waals surface area contributed by atoms with Crippen molar-refractivity contribution >= 4 is 71.3 Å². The van der Waals surface area contributed by atoms with Gasteiger partial charge in [0.15, 0.2) is 0 Å². The molecule has 0 aliphatic heterocycles. The fourth-order valence-corrected chi connectivity index (χ4v) is 7.75. The Kier molecular flexibility index (Phi) is 6.53. The number of nitrogens with zero attached hydrogens (tertiary/aromatic N) is 1. The number of rotatable bonds is 5. The maximum atomic E-state index is 6.63. The van der Waals surface area contributed by atoms with E-state index in [0.29, 0.717) is 0 Å². The fourth-order valence-electron chi connectivity index (χ4n) is 7.75. The Morgan fingerprint density at radius 1 is 0.340 bits per heavy atom. The first-order valence-electron chi connectivity index (χ1n) is 17.1. The van der Waals surface area contributed by atoms with Crippen LogP contribution in [0.5, 0.6) is 0 Å². The second-order valence-corrected chi connectivity index (χ2v) is 12.9. The maximum absolute atomic E-state index is 6.63. The lowest BCUT2D eigenvalue weighted by Crippen LogP contribution is -2.11. The van der Waals surface area contributed by atoms with E-state index in [4.69, 9.17) is 4.42 Å². The van der Waals surface area contributed by atoms with Crippen LogP contribution in [-0.2, 0) is 0 Å². The van der Waals surface area contributed by atoms with E-state index in [0.717, 1.165) is 55.5 Å². The minimum absolute atomic E-state index is 0.889. The van der Waals surface area contributed by atoms with Gasteiger partial charge in [0.2, 0.25) is 0 Å². The SMILES string of the molecule is c1ccc(N(c2ccc(-c3cccc4ccccc34)cc2)c2cccc3ccccc23)c(-c2cccc3oc4c5ccccc5ccc4c23)c1. The first-order chi connectivity index (χ1) is 24.8. The number of fused-ring (bicyclic) bond motifs is 7. The van der Waals surface area contributed by atoms with Crippen molar-refractivity contribution in [1.29, 1.82) is 0 Å². The molecule has 10 rings (SSSR count). The van der Waals surface area contributed by atoms with Gasteiger partial charge in [-0.1, -0.05) is 152 Å². The third kappa shape index (κ3) is 4.50. The van der Waals surface area contributed by atoms with Crippen LogP contribution >= 0.6 is 0 Å². The summed E-state index contributed by atoms with van der Waals surface area (Å²) < 4.78 is 6.63. The van der Waals surface area contributed by atoms with E-state index in [-0.39, 0.29) is 0 Å².